The Balaban J connectivity index is 0.00000187. The lowest BCUT2D eigenvalue weighted by Gasteiger charge is -2.27. The highest BCUT2D eigenvalue weighted by atomic mass is 35.5. The van der Waals surface area contributed by atoms with Gasteiger partial charge in [-0.2, -0.15) is 0 Å². The van der Waals surface area contributed by atoms with Crippen LogP contribution >= 0.6 is 24.8 Å². The van der Waals surface area contributed by atoms with Crippen molar-refractivity contribution in [2.75, 3.05) is 39.3 Å². The number of hydrogen-bond acceptors (Lipinski definition) is 7. The fourth-order valence-corrected chi connectivity index (χ4v) is 6.25. The van der Waals surface area contributed by atoms with Crippen molar-refractivity contribution >= 4 is 58.7 Å². The fourth-order valence-electron chi connectivity index (χ4n) is 6.25. The van der Waals surface area contributed by atoms with Crippen LogP contribution in [-0.4, -0.2) is 66.5 Å². The predicted octanol–water partition coefficient (Wildman–Crippen LogP) is 3.17. The summed E-state index contributed by atoms with van der Waals surface area (Å²) in [6, 6.07) is 6.48. The monoisotopic (exact) mass is 594 g/mol. The molecule has 0 atom stereocenters. The van der Waals surface area contributed by atoms with Gasteiger partial charge < -0.3 is 39.5 Å². The largest absolute Gasteiger partial charge is 0.545 e. The summed E-state index contributed by atoms with van der Waals surface area (Å²) in [6.07, 6.45) is 10.3. The molecule has 3 heterocycles. The molecular weight excluding hydrogens is 555 g/mol. The molecule has 2 fully saturated rings. The molecule has 0 saturated carbocycles. The maximum absolute atomic E-state index is 12.6. The van der Waals surface area contributed by atoms with Crippen molar-refractivity contribution in [3.8, 4) is 0 Å². The third-order valence-corrected chi connectivity index (χ3v) is 8.10. The smallest absolute Gasteiger partial charge is 0.136 e. The van der Waals surface area contributed by atoms with Crippen LogP contribution in [0.1, 0.15) is 83.2 Å². The third kappa shape index (κ3) is 7.68. The van der Waals surface area contributed by atoms with Crippen LogP contribution in [0.5, 0.6) is 0 Å². The highest BCUT2D eigenvalue weighted by molar-refractivity contribution is 6.11. The van der Waals surface area contributed by atoms with E-state index in [1.165, 1.54) is 44.6 Å². The molecule has 2 aliphatic heterocycles. The standard InChI is InChI=1S/C30H38N2O5.2ClH.H2O/c33-29(34)22-11-12-25-24(19-22)28-23(10-8-18-32-15-5-2-6-16-32)27(30(35)36)21(20-26(28)37-25)9-7-17-31-13-3-1-4-14-31;;;/h11-12,19-20H,1-10,13-18H2,(H,33,34)(H,35,36);2*1H;1H2/p-2. The molecule has 2 saturated heterocycles. The number of carboxylic acids is 2. The molecule has 5 rings (SSSR count). The first-order chi connectivity index (χ1) is 18.0. The molecule has 2 aromatic carbocycles. The van der Waals surface area contributed by atoms with Crippen molar-refractivity contribution < 1.29 is 29.7 Å². The minimum absolute atomic E-state index is 0. The molecule has 2 N–H and O–H groups in total. The van der Waals surface area contributed by atoms with Crippen molar-refractivity contribution in [1.82, 2.24) is 9.80 Å². The van der Waals surface area contributed by atoms with E-state index in [9.17, 15) is 19.8 Å². The Labute approximate surface area is 247 Å². The van der Waals surface area contributed by atoms with Gasteiger partial charge in [0, 0.05) is 16.3 Å². The highest BCUT2D eigenvalue weighted by Crippen LogP contribution is 2.36. The second-order valence-corrected chi connectivity index (χ2v) is 10.7. The van der Waals surface area contributed by atoms with E-state index < -0.39 is 11.9 Å². The van der Waals surface area contributed by atoms with Gasteiger partial charge in [0.1, 0.15) is 11.2 Å². The minimum atomic E-state index is -1.27. The average Bonchev–Trinajstić information content (AvgIpc) is 3.27. The number of fused-ring (bicyclic) bond motifs is 3. The van der Waals surface area contributed by atoms with Crippen LogP contribution in [0, 0.1) is 0 Å². The average molecular weight is 596 g/mol. The number of hydrogen-bond donors (Lipinski definition) is 0. The van der Waals surface area contributed by atoms with Crippen LogP contribution in [-0.2, 0) is 12.8 Å². The van der Waals surface area contributed by atoms with Gasteiger partial charge in [-0.3, -0.25) is 0 Å². The van der Waals surface area contributed by atoms with E-state index in [-0.39, 0.29) is 41.4 Å². The molecule has 3 aromatic rings. The molecule has 10 heteroatoms. The van der Waals surface area contributed by atoms with Gasteiger partial charge in [0.05, 0.1) is 11.9 Å². The summed E-state index contributed by atoms with van der Waals surface area (Å²) in [5.41, 5.74) is 2.92. The molecule has 8 nitrogen and oxygen atoms in total. The van der Waals surface area contributed by atoms with Crippen molar-refractivity contribution in [1.29, 1.82) is 0 Å². The van der Waals surface area contributed by atoms with Crippen LogP contribution in [0.25, 0.3) is 21.9 Å². The van der Waals surface area contributed by atoms with Gasteiger partial charge in [-0.25, -0.2) is 0 Å². The normalized spacial score (nSPS) is 16.2. The molecule has 1 aromatic heterocycles. The second-order valence-electron chi connectivity index (χ2n) is 10.7. The lowest BCUT2D eigenvalue weighted by molar-refractivity contribution is -0.256. The van der Waals surface area contributed by atoms with Gasteiger partial charge in [-0.1, -0.05) is 12.8 Å². The number of likely N-dealkylation sites (tertiary alicyclic amines) is 2. The van der Waals surface area contributed by atoms with Crippen LogP contribution < -0.4 is 10.2 Å². The minimum Gasteiger partial charge on any atom is -0.545 e. The molecule has 0 spiro atoms. The second kappa shape index (κ2) is 15.6. The quantitative estimate of drug-likeness (QED) is 0.352. The number of rotatable bonds is 10. The molecule has 0 amide bonds. The van der Waals surface area contributed by atoms with E-state index in [1.807, 2.05) is 6.07 Å². The van der Waals surface area contributed by atoms with Crippen molar-refractivity contribution in [2.24, 2.45) is 0 Å². The summed E-state index contributed by atoms with van der Waals surface area (Å²) in [4.78, 5) is 29.0. The molecule has 0 radical (unpaired) electrons. The molecule has 0 unspecified atom stereocenters. The van der Waals surface area contributed by atoms with Crippen molar-refractivity contribution in [3.63, 3.8) is 0 Å². The maximum atomic E-state index is 12.6. The summed E-state index contributed by atoms with van der Waals surface area (Å²) < 4.78 is 6.15. The van der Waals surface area contributed by atoms with Gasteiger partial charge in [0.2, 0.25) is 0 Å². The molecule has 40 heavy (non-hydrogen) atoms. The Morgan fingerprint density at radius 2 is 1.32 bits per heavy atom. The lowest BCUT2D eigenvalue weighted by Crippen LogP contribution is -2.31. The number of carbonyl (C=O) groups is 2. The topological polar surface area (TPSA) is 131 Å². The van der Waals surface area contributed by atoms with Crippen LogP contribution in [0.2, 0.25) is 0 Å². The molecular formula is C30H40Cl2N2O6-2. The Morgan fingerprint density at radius 1 is 0.750 bits per heavy atom. The Kier molecular flexibility index (Phi) is 13.2. The number of halogens is 2. The summed E-state index contributed by atoms with van der Waals surface area (Å²) in [7, 11) is 0. The van der Waals surface area contributed by atoms with E-state index in [0.717, 1.165) is 57.7 Å². The van der Waals surface area contributed by atoms with Gasteiger partial charge >= 0.3 is 0 Å². The predicted molar refractivity (Wildman–Crippen MR) is 158 cm³/mol. The van der Waals surface area contributed by atoms with Crippen molar-refractivity contribution in [3.05, 3.63) is 46.5 Å². The van der Waals surface area contributed by atoms with Crippen LogP contribution in [0.15, 0.2) is 28.7 Å². The van der Waals surface area contributed by atoms with Crippen LogP contribution in [0.3, 0.4) is 0 Å². The van der Waals surface area contributed by atoms with Gasteiger partial charge in [0.25, 0.3) is 0 Å². The third-order valence-electron chi connectivity index (χ3n) is 8.10. The summed E-state index contributed by atoms with van der Waals surface area (Å²) in [5.74, 6) is -2.44. The van der Waals surface area contributed by atoms with Gasteiger partial charge in [0.15, 0.2) is 0 Å². The number of carbonyl (C=O) groups excluding carboxylic acids is 2. The number of carboxylic acid groups (broad SMARTS) is 2. The Bertz CT molecular complexity index is 1280. The first-order valence-corrected chi connectivity index (χ1v) is 13.9. The summed E-state index contributed by atoms with van der Waals surface area (Å²) in [5, 5.41) is 25.4. The number of aryl methyl sites for hydroxylation is 2. The van der Waals surface area contributed by atoms with E-state index in [4.69, 9.17) is 4.42 Å². The van der Waals surface area contributed by atoms with E-state index in [2.05, 4.69) is 9.80 Å². The van der Waals surface area contributed by atoms with Crippen molar-refractivity contribution in [2.45, 2.75) is 64.2 Å². The molecule has 0 aliphatic carbocycles. The van der Waals surface area contributed by atoms with Crippen LogP contribution in [0.4, 0.5) is 0 Å². The Hall–Kier alpha value is -2.36. The van der Waals surface area contributed by atoms with E-state index >= 15 is 0 Å². The number of furan rings is 1. The van der Waals surface area contributed by atoms with E-state index in [0.29, 0.717) is 40.3 Å². The number of aromatic carboxylic acids is 2. The summed E-state index contributed by atoms with van der Waals surface area (Å²) in [6.45, 7) is 6.25. The number of benzene rings is 2. The molecule has 222 valence electrons. The number of nitrogens with zero attached hydrogens (tertiary/aromatic N) is 2. The lowest BCUT2D eigenvalue weighted by atomic mass is 9.90. The molecule has 2 aliphatic rings. The zero-order valence-corrected chi connectivity index (χ0v) is 24.5. The zero-order valence-electron chi connectivity index (χ0n) is 22.9. The molecule has 0 bridgehead atoms. The first-order valence-electron chi connectivity index (χ1n) is 13.9. The highest BCUT2D eigenvalue weighted by Gasteiger charge is 2.21. The van der Waals surface area contributed by atoms with E-state index in [1.54, 1.807) is 12.1 Å². The fraction of sp³-hybridized carbons (Fsp3) is 0.533. The first kappa shape index (κ1) is 33.8. The zero-order chi connectivity index (χ0) is 25.8. The van der Waals surface area contributed by atoms with Gasteiger partial charge in [-0.15, -0.1) is 24.8 Å². The van der Waals surface area contributed by atoms with Gasteiger partial charge in [-0.05, 0) is 132 Å². The SMILES string of the molecule is Cl.Cl.O.O=C([O-])c1ccc2oc3cc(CCCN4CCCCC4)c(C(=O)[O-])c(CCCN4CCCCC4)c3c2c1. The number of piperidine rings is 2. The Morgan fingerprint density at radius 3 is 1.88 bits per heavy atom. The maximum Gasteiger partial charge on any atom is 0.136 e. The summed E-state index contributed by atoms with van der Waals surface area (Å²) >= 11 is 0.